The molecule has 0 radical (unpaired) electrons. The topological polar surface area (TPSA) is 49.3 Å². The van der Waals surface area contributed by atoms with Gasteiger partial charge in [-0.05, 0) is 17.5 Å². The van der Waals surface area contributed by atoms with Crippen molar-refractivity contribution < 1.29 is 9.90 Å². The second-order valence-electron chi connectivity index (χ2n) is 3.48. The number of nitrogens with one attached hydrogen (secondary N) is 1. The number of carbonyl (C=O) groups excluding carboxylic acids is 1. The summed E-state index contributed by atoms with van der Waals surface area (Å²) in [6.45, 7) is 3.95. The molecule has 1 aromatic rings. The normalized spacial score (nSPS) is 10.3. The Hall–Kier alpha value is -1.51. The molecule has 0 fully saturated rings. The molecule has 1 rings (SSSR count). The van der Waals surface area contributed by atoms with Crippen molar-refractivity contribution >= 4 is 5.91 Å². The number of carbonyl (C=O) groups is 1. The summed E-state index contributed by atoms with van der Waals surface area (Å²) in [7, 11) is 1.55. The fraction of sp³-hybridized carbons (Fsp3) is 0.364. The van der Waals surface area contributed by atoms with Crippen molar-refractivity contribution in [2.75, 3.05) is 7.05 Å². The largest absolute Gasteiger partial charge is 0.507 e. The van der Waals surface area contributed by atoms with Gasteiger partial charge in [-0.15, -0.1) is 0 Å². The summed E-state index contributed by atoms with van der Waals surface area (Å²) in [6.07, 6.45) is 0. The van der Waals surface area contributed by atoms with Gasteiger partial charge >= 0.3 is 0 Å². The van der Waals surface area contributed by atoms with Crippen molar-refractivity contribution in [1.82, 2.24) is 5.32 Å². The molecule has 0 aromatic heterocycles. The lowest BCUT2D eigenvalue weighted by atomic mass is 9.99. The predicted octanol–water partition coefficient (Wildman–Crippen LogP) is 1.88. The van der Waals surface area contributed by atoms with E-state index < -0.39 is 0 Å². The zero-order valence-corrected chi connectivity index (χ0v) is 8.66. The number of phenolic OH excluding ortho intramolecular Hbond substituents is 1. The van der Waals surface area contributed by atoms with Crippen molar-refractivity contribution in [3.05, 3.63) is 29.3 Å². The SMILES string of the molecule is CNC(=O)c1cccc(C(C)C)c1O. The first kappa shape index (κ1) is 10.6. The fourth-order valence-corrected chi connectivity index (χ4v) is 1.35. The third kappa shape index (κ3) is 1.87. The minimum atomic E-state index is -0.259. The highest BCUT2D eigenvalue weighted by Gasteiger charge is 2.14. The lowest BCUT2D eigenvalue weighted by Gasteiger charge is -2.11. The Bertz CT molecular complexity index is 345. The lowest BCUT2D eigenvalue weighted by molar-refractivity contribution is 0.0960. The van der Waals surface area contributed by atoms with Crippen molar-refractivity contribution in [2.24, 2.45) is 0 Å². The number of para-hydroxylation sites is 1. The summed E-state index contributed by atoms with van der Waals surface area (Å²) in [5, 5.41) is 12.3. The summed E-state index contributed by atoms with van der Waals surface area (Å²) in [4.78, 5) is 11.3. The average molecular weight is 193 g/mol. The first-order chi connectivity index (χ1) is 6.57. The van der Waals surface area contributed by atoms with Gasteiger partial charge in [0.1, 0.15) is 5.75 Å². The highest BCUT2D eigenvalue weighted by atomic mass is 16.3. The zero-order valence-electron chi connectivity index (χ0n) is 8.66. The molecule has 0 saturated heterocycles. The number of hydrogen-bond acceptors (Lipinski definition) is 2. The molecule has 3 heteroatoms. The number of rotatable bonds is 2. The van der Waals surface area contributed by atoms with E-state index in [-0.39, 0.29) is 17.6 Å². The number of benzene rings is 1. The molecule has 0 spiro atoms. The van der Waals surface area contributed by atoms with Crippen LogP contribution < -0.4 is 5.32 Å². The van der Waals surface area contributed by atoms with Crippen LogP contribution in [0.4, 0.5) is 0 Å². The molecule has 1 aromatic carbocycles. The molecular weight excluding hydrogens is 178 g/mol. The Kier molecular flexibility index (Phi) is 3.12. The van der Waals surface area contributed by atoms with Gasteiger partial charge in [-0.1, -0.05) is 26.0 Å². The Labute approximate surface area is 83.8 Å². The average Bonchev–Trinajstić information content (AvgIpc) is 2.16. The van der Waals surface area contributed by atoms with Crippen LogP contribution >= 0.6 is 0 Å². The van der Waals surface area contributed by atoms with Crippen LogP contribution in [0.25, 0.3) is 0 Å². The second-order valence-corrected chi connectivity index (χ2v) is 3.48. The third-order valence-corrected chi connectivity index (χ3v) is 2.16. The van der Waals surface area contributed by atoms with Crippen LogP contribution in [0.15, 0.2) is 18.2 Å². The van der Waals surface area contributed by atoms with Gasteiger partial charge in [-0.2, -0.15) is 0 Å². The Morgan fingerprint density at radius 2 is 2.07 bits per heavy atom. The van der Waals surface area contributed by atoms with Gasteiger partial charge in [-0.25, -0.2) is 0 Å². The van der Waals surface area contributed by atoms with Gasteiger partial charge in [0.25, 0.3) is 5.91 Å². The van der Waals surface area contributed by atoms with Gasteiger partial charge in [0.2, 0.25) is 0 Å². The van der Waals surface area contributed by atoms with Crippen LogP contribution in [0.5, 0.6) is 5.75 Å². The van der Waals surface area contributed by atoms with E-state index >= 15 is 0 Å². The van der Waals surface area contributed by atoms with Crippen molar-refractivity contribution in [1.29, 1.82) is 0 Å². The number of phenols is 1. The zero-order chi connectivity index (χ0) is 10.7. The number of amides is 1. The number of aromatic hydroxyl groups is 1. The maximum atomic E-state index is 11.3. The fourth-order valence-electron chi connectivity index (χ4n) is 1.35. The molecule has 76 valence electrons. The predicted molar refractivity (Wildman–Crippen MR) is 55.6 cm³/mol. The van der Waals surface area contributed by atoms with Gasteiger partial charge in [-0.3, -0.25) is 4.79 Å². The molecule has 1 amide bonds. The summed E-state index contributed by atoms with van der Waals surface area (Å²) in [5.74, 6) is 0.0338. The standard InChI is InChI=1S/C11H15NO2/c1-7(2)8-5-4-6-9(10(8)13)11(14)12-3/h4-7,13H,1-3H3,(H,12,14). The van der Waals surface area contributed by atoms with Crippen LogP contribution in [0.3, 0.4) is 0 Å². The minimum absolute atomic E-state index is 0.0850. The molecule has 0 bridgehead atoms. The van der Waals surface area contributed by atoms with Crippen LogP contribution in [-0.2, 0) is 0 Å². The number of hydrogen-bond donors (Lipinski definition) is 2. The molecule has 0 heterocycles. The highest BCUT2D eigenvalue weighted by Crippen LogP contribution is 2.28. The quantitative estimate of drug-likeness (QED) is 0.753. The van der Waals surface area contributed by atoms with E-state index in [2.05, 4.69) is 5.32 Å². The van der Waals surface area contributed by atoms with Gasteiger partial charge in [0.15, 0.2) is 0 Å². The summed E-state index contributed by atoms with van der Waals surface area (Å²) in [6, 6.07) is 5.21. The van der Waals surface area contributed by atoms with Crippen LogP contribution in [0.1, 0.15) is 35.7 Å². The molecule has 0 saturated carbocycles. The molecule has 0 atom stereocenters. The molecule has 0 aliphatic carbocycles. The third-order valence-electron chi connectivity index (χ3n) is 2.16. The van der Waals surface area contributed by atoms with Crippen molar-refractivity contribution in [3.63, 3.8) is 0 Å². The Morgan fingerprint density at radius 3 is 2.57 bits per heavy atom. The summed E-state index contributed by atoms with van der Waals surface area (Å²) in [5.41, 5.74) is 1.13. The smallest absolute Gasteiger partial charge is 0.254 e. The molecule has 2 N–H and O–H groups in total. The monoisotopic (exact) mass is 193 g/mol. The summed E-state index contributed by atoms with van der Waals surface area (Å²) < 4.78 is 0. The maximum Gasteiger partial charge on any atom is 0.254 e. The van der Waals surface area contributed by atoms with Crippen molar-refractivity contribution in [3.8, 4) is 5.75 Å². The minimum Gasteiger partial charge on any atom is -0.507 e. The first-order valence-electron chi connectivity index (χ1n) is 4.62. The van der Waals surface area contributed by atoms with E-state index in [0.717, 1.165) is 5.56 Å². The van der Waals surface area contributed by atoms with E-state index in [1.54, 1.807) is 19.2 Å². The molecule has 14 heavy (non-hydrogen) atoms. The second kappa shape index (κ2) is 4.13. The van der Waals surface area contributed by atoms with Gasteiger partial charge in [0.05, 0.1) is 5.56 Å². The van der Waals surface area contributed by atoms with Crippen LogP contribution in [0, 0.1) is 0 Å². The van der Waals surface area contributed by atoms with E-state index in [9.17, 15) is 9.90 Å². The Morgan fingerprint density at radius 1 is 1.43 bits per heavy atom. The van der Waals surface area contributed by atoms with E-state index in [1.807, 2.05) is 19.9 Å². The van der Waals surface area contributed by atoms with Crippen LogP contribution in [-0.4, -0.2) is 18.1 Å². The van der Waals surface area contributed by atoms with Gasteiger partial charge < -0.3 is 10.4 Å². The van der Waals surface area contributed by atoms with E-state index in [4.69, 9.17) is 0 Å². The van der Waals surface area contributed by atoms with Crippen LogP contribution in [0.2, 0.25) is 0 Å². The molecule has 0 aliphatic heterocycles. The molecule has 3 nitrogen and oxygen atoms in total. The van der Waals surface area contributed by atoms with E-state index in [0.29, 0.717) is 5.56 Å². The van der Waals surface area contributed by atoms with E-state index in [1.165, 1.54) is 0 Å². The molecule has 0 unspecified atom stereocenters. The highest BCUT2D eigenvalue weighted by molar-refractivity contribution is 5.97. The maximum absolute atomic E-state index is 11.3. The van der Waals surface area contributed by atoms with Crippen molar-refractivity contribution in [2.45, 2.75) is 19.8 Å². The molecular formula is C11H15NO2. The van der Waals surface area contributed by atoms with Gasteiger partial charge in [0, 0.05) is 7.05 Å². The Balaban J connectivity index is 3.20. The first-order valence-corrected chi connectivity index (χ1v) is 4.62. The lowest BCUT2D eigenvalue weighted by Crippen LogP contribution is -2.18. The summed E-state index contributed by atoms with van der Waals surface area (Å²) >= 11 is 0. The molecule has 0 aliphatic rings.